The first-order chi connectivity index (χ1) is 6.22. The van der Waals surface area contributed by atoms with Crippen molar-refractivity contribution in [2.45, 2.75) is 5.75 Å². The molecule has 0 aliphatic rings. The second-order valence-electron chi connectivity index (χ2n) is 2.82. The molecule has 3 nitrogen and oxygen atoms in total. The van der Waals surface area contributed by atoms with Crippen molar-refractivity contribution < 1.29 is 0 Å². The van der Waals surface area contributed by atoms with E-state index in [9.17, 15) is 0 Å². The highest BCUT2D eigenvalue weighted by Crippen LogP contribution is 2.23. The van der Waals surface area contributed by atoms with Crippen LogP contribution in [-0.4, -0.2) is 15.0 Å². The van der Waals surface area contributed by atoms with Gasteiger partial charge >= 0.3 is 0 Å². The van der Waals surface area contributed by atoms with Gasteiger partial charge in [0.05, 0.1) is 5.52 Å². The predicted molar refractivity (Wildman–Crippen MR) is 58.9 cm³/mol. The van der Waals surface area contributed by atoms with E-state index in [1.54, 1.807) is 4.68 Å². The molecule has 1 heterocycles. The maximum atomic E-state index is 4.23. The predicted octanol–water partition coefficient (Wildman–Crippen LogP) is 2.16. The summed E-state index contributed by atoms with van der Waals surface area (Å²) >= 11 is 7.68. The number of benzene rings is 1. The number of fused-ring (bicyclic) bond motifs is 1. The van der Waals surface area contributed by atoms with Crippen LogP contribution in [0.5, 0.6) is 0 Å². The average Bonchev–Trinajstić information content (AvgIpc) is 2.48. The zero-order chi connectivity index (χ0) is 9.42. The van der Waals surface area contributed by atoms with Crippen LogP contribution in [0.3, 0.4) is 0 Å². The minimum absolute atomic E-state index is 0.722. The molecule has 0 atom stereocenters. The molecule has 68 valence electrons. The Bertz CT molecular complexity index is 452. The van der Waals surface area contributed by atoms with Gasteiger partial charge in [-0.3, -0.25) is 0 Å². The summed E-state index contributed by atoms with van der Waals surface area (Å²) in [6.07, 6.45) is 0. The van der Waals surface area contributed by atoms with Crippen molar-refractivity contribution in [1.82, 2.24) is 15.0 Å². The highest BCUT2D eigenvalue weighted by molar-refractivity contribution is 9.10. The van der Waals surface area contributed by atoms with Crippen molar-refractivity contribution in [3.8, 4) is 0 Å². The zero-order valence-electron chi connectivity index (χ0n) is 7.03. The average molecular weight is 258 g/mol. The van der Waals surface area contributed by atoms with Gasteiger partial charge in [0, 0.05) is 17.3 Å². The second-order valence-corrected chi connectivity index (χ2v) is 3.99. The highest BCUT2D eigenvalue weighted by atomic mass is 79.9. The van der Waals surface area contributed by atoms with E-state index in [-0.39, 0.29) is 0 Å². The Morgan fingerprint density at radius 3 is 3.00 bits per heavy atom. The Hall–Kier alpha value is -0.550. The van der Waals surface area contributed by atoms with E-state index in [4.69, 9.17) is 0 Å². The molecule has 0 unspecified atom stereocenters. The van der Waals surface area contributed by atoms with E-state index in [2.05, 4.69) is 38.9 Å². The van der Waals surface area contributed by atoms with Crippen molar-refractivity contribution >= 4 is 39.6 Å². The Labute approximate surface area is 89.7 Å². The van der Waals surface area contributed by atoms with Crippen molar-refractivity contribution in [1.29, 1.82) is 0 Å². The van der Waals surface area contributed by atoms with Crippen molar-refractivity contribution in [2.24, 2.45) is 7.05 Å². The van der Waals surface area contributed by atoms with E-state index >= 15 is 0 Å². The van der Waals surface area contributed by atoms with Crippen molar-refractivity contribution in [2.75, 3.05) is 0 Å². The molecule has 0 aliphatic heterocycles. The molecule has 13 heavy (non-hydrogen) atoms. The molecule has 5 heteroatoms. The summed E-state index contributed by atoms with van der Waals surface area (Å²) in [6.45, 7) is 0. The fourth-order valence-corrected chi connectivity index (χ4v) is 2.00. The van der Waals surface area contributed by atoms with Gasteiger partial charge < -0.3 is 0 Å². The molecular weight excluding hydrogens is 250 g/mol. The van der Waals surface area contributed by atoms with Crippen LogP contribution in [-0.2, 0) is 12.8 Å². The first-order valence-corrected chi connectivity index (χ1v) is 5.23. The van der Waals surface area contributed by atoms with Gasteiger partial charge in [-0.25, -0.2) is 4.68 Å². The minimum Gasteiger partial charge on any atom is -0.248 e. The van der Waals surface area contributed by atoms with Gasteiger partial charge in [0.1, 0.15) is 5.52 Å². The van der Waals surface area contributed by atoms with E-state index in [0.29, 0.717) is 0 Å². The molecule has 0 aliphatic carbocycles. The van der Waals surface area contributed by atoms with Gasteiger partial charge in [0.2, 0.25) is 0 Å². The molecule has 0 spiro atoms. The van der Waals surface area contributed by atoms with E-state index in [1.807, 2.05) is 19.2 Å². The lowest BCUT2D eigenvalue weighted by molar-refractivity contribution is 0.736. The molecule has 0 N–H and O–H groups in total. The molecule has 2 aromatic rings. The smallest absolute Gasteiger partial charge is 0.127 e. The first-order valence-electron chi connectivity index (χ1n) is 3.81. The van der Waals surface area contributed by atoms with Gasteiger partial charge in [-0.05, 0) is 33.6 Å². The first kappa shape index (κ1) is 9.02. The Balaban J connectivity index is 2.80. The van der Waals surface area contributed by atoms with E-state index in [1.165, 1.54) is 0 Å². The molecular formula is C8H8BrN3S. The number of hydrogen-bond donors (Lipinski definition) is 1. The summed E-state index contributed by atoms with van der Waals surface area (Å²) in [7, 11) is 1.88. The van der Waals surface area contributed by atoms with Crippen LogP contribution in [0.4, 0.5) is 0 Å². The summed E-state index contributed by atoms with van der Waals surface area (Å²) in [5, 5.41) is 7.98. The fraction of sp³-hybridized carbons (Fsp3) is 0.250. The number of hydrogen-bond acceptors (Lipinski definition) is 3. The second kappa shape index (κ2) is 3.31. The third kappa shape index (κ3) is 1.46. The normalized spacial score (nSPS) is 11.0. The van der Waals surface area contributed by atoms with Gasteiger partial charge in [-0.2, -0.15) is 12.6 Å². The number of rotatable bonds is 1. The molecule has 0 fully saturated rings. The van der Waals surface area contributed by atoms with Crippen LogP contribution in [0.25, 0.3) is 11.0 Å². The lowest BCUT2D eigenvalue weighted by Crippen LogP contribution is -1.90. The molecule has 1 aromatic heterocycles. The number of thiol groups is 1. The number of halogens is 1. The third-order valence-electron chi connectivity index (χ3n) is 1.91. The molecule has 1 aromatic carbocycles. The SMILES string of the molecule is Cn1nnc2c(Br)cc(CS)cc21. The van der Waals surface area contributed by atoms with Gasteiger partial charge in [-0.15, -0.1) is 5.10 Å². The van der Waals surface area contributed by atoms with Crippen LogP contribution in [0.2, 0.25) is 0 Å². The van der Waals surface area contributed by atoms with E-state index in [0.717, 1.165) is 26.8 Å². The quantitative estimate of drug-likeness (QED) is 0.794. The van der Waals surface area contributed by atoms with Crippen LogP contribution >= 0.6 is 28.6 Å². The molecule has 0 saturated carbocycles. The van der Waals surface area contributed by atoms with Crippen LogP contribution in [0, 0.1) is 0 Å². The standard InChI is InChI=1S/C8H8BrN3S/c1-12-7-3-5(4-13)2-6(9)8(7)10-11-12/h2-3,13H,4H2,1H3. The Morgan fingerprint density at radius 2 is 2.31 bits per heavy atom. The minimum atomic E-state index is 0.722. The molecule has 0 saturated heterocycles. The number of aryl methyl sites for hydroxylation is 1. The van der Waals surface area contributed by atoms with Crippen LogP contribution < -0.4 is 0 Å². The maximum absolute atomic E-state index is 4.23. The van der Waals surface area contributed by atoms with Crippen molar-refractivity contribution in [3.05, 3.63) is 22.2 Å². The topological polar surface area (TPSA) is 30.7 Å². The molecule has 0 bridgehead atoms. The molecule has 0 amide bonds. The van der Waals surface area contributed by atoms with Gasteiger partial charge in [-0.1, -0.05) is 5.21 Å². The monoisotopic (exact) mass is 257 g/mol. The van der Waals surface area contributed by atoms with Crippen LogP contribution in [0.1, 0.15) is 5.56 Å². The summed E-state index contributed by atoms with van der Waals surface area (Å²) in [5.41, 5.74) is 3.08. The third-order valence-corrected chi connectivity index (χ3v) is 2.88. The zero-order valence-corrected chi connectivity index (χ0v) is 9.51. The Kier molecular flexibility index (Phi) is 2.29. The lowest BCUT2D eigenvalue weighted by Gasteiger charge is -1.99. The van der Waals surface area contributed by atoms with Crippen molar-refractivity contribution in [3.63, 3.8) is 0 Å². The summed E-state index contributed by atoms with van der Waals surface area (Å²) in [6, 6.07) is 4.07. The fourth-order valence-electron chi connectivity index (χ4n) is 1.24. The lowest BCUT2D eigenvalue weighted by atomic mass is 10.2. The van der Waals surface area contributed by atoms with E-state index < -0.39 is 0 Å². The molecule has 2 rings (SSSR count). The highest BCUT2D eigenvalue weighted by Gasteiger charge is 2.06. The summed E-state index contributed by atoms with van der Waals surface area (Å²) in [5.74, 6) is 0.722. The van der Waals surface area contributed by atoms with Gasteiger partial charge in [0.25, 0.3) is 0 Å². The van der Waals surface area contributed by atoms with Gasteiger partial charge in [0.15, 0.2) is 0 Å². The summed E-state index contributed by atoms with van der Waals surface area (Å²) < 4.78 is 2.73. The number of nitrogens with zero attached hydrogens (tertiary/aromatic N) is 3. The van der Waals surface area contributed by atoms with Crippen LogP contribution in [0.15, 0.2) is 16.6 Å². The molecule has 0 radical (unpaired) electrons. The Morgan fingerprint density at radius 1 is 1.54 bits per heavy atom. The number of aromatic nitrogens is 3. The maximum Gasteiger partial charge on any atom is 0.127 e. The summed E-state index contributed by atoms with van der Waals surface area (Å²) in [4.78, 5) is 0. The largest absolute Gasteiger partial charge is 0.248 e.